The average molecular weight is 344 g/mol. The third-order valence-electron chi connectivity index (χ3n) is 4.79. The van der Waals surface area contributed by atoms with Gasteiger partial charge in [-0.05, 0) is 37.7 Å². The summed E-state index contributed by atoms with van der Waals surface area (Å²) < 4.78 is 1.33. The molecular formula is C17H20N4O2S. The van der Waals surface area contributed by atoms with Crippen LogP contribution >= 0.6 is 11.3 Å². The lowest BCUT2D eigenvalue weighted by Gasteiger charge is -2.27. The second-order valence-corrected chi connectivity index (χ2v) is 7.82. The van der Waals surface area contributed by atoms with Gasteiger partial charge in [0.25, 0.3) is 5.56 Å². The van der Waals surface area contributed by atoms with Gasteiger partial charge in [-0.25, -0.2) is 4.98 Å². The van der Waals surface area contributed by atoms with E-state index in [1.807, 2.05) is 13.8 Å². The molecule has 1 atom stereocenters. The summed E-state index contributed by atoms with van der Waals surface area (Å²) in [7, 11) is 0. The summed E-state index contributed by atoms with van der Waals surface area (Å²) in [6.07, 6.45) is 4.41. The first-order chi connectivity index (χ1) is 11.4. The Bertz CT molecular complexity index is 906. The second kappa shape index (κ2) is 6.02. The van der Waals surface area contributed by atoms with E-state index >= 15 is 0 Å². The number of hydrogen-bond acceptors (Lipinski definition) is 5. The van der Waals surface area contributed by atoms with Gasteiger partial charge in [0.2, 0.25) is 5.91 Å². The van der Waals surface area contributed by atoms with Crippen LogP contribution in [0.15, 0.2) is 11.1 Å². The molecule has 0 fully saturated rings. The number of aromatic nitrogens is 2. The fraction of sp³-hybridized carbons (Fsp3) is 0.529. The minimum absolute atomic E-state index is 0.0380. The van der Waals surface area contributed by atoms with Gasteiger partial charge in [0, 0.05) is 4.88 Å². The summed E-state index contributed by atoms with van der Waals surface area (Å²) in [5.41, 5.74) is -0.0222. The highest BCUT2D eigenvalue weighted by Crippen LogP contribution is 2.34. The van der Waals surface area contributed by atoms with Crippen LogP contribution in [0.25, 0.3) is 10.2 Å². The molecule has 0 unspecified atom stereocenters. The maximum Gasteiger partial charge on any atom is 0.262 e. The average Bonchev–Trinajstić information content (AvgIpc) is 3.10. The van der Waals surface area contributed by atoms with Gasteiger partial charge in [-0.2, -0.15) is 5.26 Å². The molecule has 0 spiro atoms. The maximum atomic E-state index is 12.7. The topological polar surface area (TPSA) is 87.8 Å². The van der Waals surface area contributed by atoms with Gasteiger partial charge >= 0.3 is 0 Å². The number of amides is 1. The molecular weight excluding hydrogens is 324 g/mol. The van der Waals surface area contributed by atoms with Crippen molar-refractivity contribution in [1.29, 1.82) is 5.26 Å². The fourth-order valence-electron chi connectivity index (χ4n) is 2.92. The number of rotatable bonds is 4. The molecule has 2 aromatic rings. The normalized spacial score (nSPS) is 16.0. The van der Waals surface area contributed by atoms with Crippen molar-refractivity contribution in [2.45, 2.75) is 52.1 Å². The van der Waals surface area contributed by atoms with E-state index in [-0.39, 0.29) is 23.9 Å². The summed E-state index contributed by atoms with van der Waals surface area (Å²) in [4.78, 5) is 31.4. The lowest BCUT2D eigenvalue weighted by atomic mass is 9.90. The number of aryl methyl sites for hydroxylation is 2. The van der Waals surface area contributed by atoms with E-state index in [2.05, 4.69) is 16.4 Å². The number of carbonyl (C=O) groups excluding carboxylic acids is 1. The molecule has 0 bridgehead atoms. The molecule has 7 heteroatoms. The maximum absolute atomic E-state index is 12.7. The van der Waals surface area contributed by atoms with Gasteiger partial charge in [0.05, 0.1) is 17.8 Å². The molecule has 1 amide bonds. The molecule has 0 saturated carbocycles. The highest BCUT2D eigenvalue weighted by atomic mass is 32.1. The molecule has 6 nitrogen and oxygen atoms in total. The van der Waals surface area contributed by atoms with Gasteiger partial charge in [-0.1, -0.05) is 13.8 Å². The Balaban J connectivity index is 1.89. The number of carbonyl (C=O) groups is 1. The standard InChI is InChI=1S/C17H20N4O2S/c1-10(2)17(3,8-18)20-13(22)7-21-9-19-15-14(16(21)23)11-5-4-6-12(11)24-15/h9-10H,4-7H2,1-3H3,(H,20,22)/t17-/m1/s1. The minimum Gasteiger partial charge on any atom is -0.336 e. The van der Waals surface area contributed by atoms with Crippen molar-refractivity contribution in [3.05, 3.63) is 27.1 Å². The fourth-order valence-corrected chi connectivity index (χ4v) is 4.14. The van der Waals surface area contributed by atoms with Crippen molar-refractivity contribution in [2.75, 3.05) is 0 Å². The number of hydrogen-bond donors (Lipinski definition) is 1. The van der Waals surface area contributed by atoms with Gasteiger partial charge < -0.3 is 5.32 Å². The summed E-state index contributed by atoms with van der Waals surface area (Å²) in [6, 6.07) is 2.14. The number of nitriles is 1. The lowest BCUT2D eigenvalue weighted by molar-refractivity contribution is -0.123. The van der Waals surface area contributed by atoms with Crippen LogP contribution < -0.4 is 10.9 Å². The van der Waals surface area contributed by atoms with Crippen molar-refractivity contribution in [1.82, 2.24) is 14.9 Å². The van der Waals surface area contributed by atoms with Crippen molar-refractivity contribution < 1.29 is 4.79 Å². The van der Waals surface area contributed by atoms with E-state index in [9.17, 15) is 14.9 Å². The van der Waals surface area contributed by atoms with Gasteiger partial charge in [-0.15, -0.1) is 11.3 Å². The highest BCUT2D eigenvalue weighted by Gasteiger charge is 2.30. The summed E-state index contributed by atoms with van der Waals surface area (Å²) >= 11 is 1.58. The van der Waals surface area contributed by atoms with Crippen LogP contribution in [0.5, 0.6) is 0 Å². The molecule has 1 aliphatic rings. The Morgan fingerprint density at radius 2 is 2.29 bits per heavy atom. The minimum atomic E-state index is -0.956. The van der Waals surface area contributed by atoms with Crippen molar-refractivity contribution in [3.8, 4) is 6.07 Å². The molecule has 24 heavy (non-hydrogen) atoms. The predicted molar refractivity (Wildman–Crippen MR) is 92.9 cm³/mol. The Kier molecular flexibility index (Phi) is 4.18. The second-order valence-electron chi connectivity index (χ2n) is 6.73. The van der Waals surface area contributed by atoms with Gasteiger partial charge in [0.15, 0.2) is 0 Å². The molecule has 1 N–H and O–H groups in total. The number of fused-ring (bicyclic) bond motifs is 3. The van der Waals surface area contributed by atoms with E-state index in [0.717, 1.165) is 29.7 Å². The smallest absolute Gasteiger partial charge is 0.262 e. The first-order valence-electron chi connectivity index (χ1n) is 8.07. The van der Waals surface area contributed by atoms with Crippen LogP contribution in [0.4, 0.5) is 0 Å². The lowest BCUT2D eigenvalue weighted by Crippen LogP contribution is -2.50. The molecule has 3 rings (SSSR count). The van der Waals surface area contributed by atoms with E-state index in [4.69, 9.17) is 0 Å². The first kappa shape index (κ1) is 16.7. The van der Waals surface area contributed by atoms with E-state index in [1.165, 1.54) is 15.8 Å². The van der Waals surface area contributed by atoms with E-state index in [1.54, 1.807) is 18.3 Å². The quantitative estimate of drug-likeness (QED) is 0.919. The molecule has 2 aromatic heterocycles. The number of nitrogens with one attached hydrogen (secondary N) is 1. The Hall–Kier alpha value is -2.20. The predicted octanol–water partition coefficient (Wildman–Crippen LogP) is 2.00. The van der Waals surface area contributed by atoms with Gasteiger partial charge in [-0.3, -0.25) is 14.2 Å². The van der Waals surface area contributed by atoms with Crippen LogP contribution in [0.3, 0.4) is 0 Å². The SMILES string of the molecule is CC(C)[C@@](C)(C#N)NC(=O)Cn1cnc2sc3c(c2c1=O)CCC3. The zero-order valence-corrected chi connectivity index (χ0v) is 14.9. The largest absolute Gasteiger partial charge is 0.336 e. The van der Waals surface area contributed by atoms with E-state index in [0.29, 0.717) is 5.39 Å². The van der Waals surface area contributed by atoms with Gasteiger partial charge in [0.1, 0.15) is 16.9 Å². The van der Waals surface area contributed by atoms with Crippen LogP contribution in [0.1, 0.15) is 37.6 Å². The zero-order chi connectivity index (χ0) is 17.5. The van der Waals surface area contributed by atoms with Crippen LogP contribution in [-0.2, 0) is 24.2 Å². The van der Waals surface area contributed by atoms with Crippen LogP contribution in [0.2, 0.25) is 0 Å². The molecule has 0 saturated heterocycles. The summed E-state index contributed by atoms with van der Waals surface area (Å²) in [6.45, 7) is 5.30. The monoisotopic (exact) mass is 344 g/mol. The zero-order valence-electron chi connectivity index (χ0n) is 14.0. The molecule has 1 aliphatic carbocycles. The molecule has 126 valence electrons. The number of thiophene rings is 1. The first-order valence-corrected chi connectivity index (χ1v) is 8.89. The molecule has 0 radical (unpaired) electrons. The Morgan fingerprint density at radius 1 is 1.54 bits per heavy atom. The van der Waals surface area contributed by atoms with Crippen molar-refractivity contribution >= 4 is 27.5 Å². The Morgan fingerprint density at radius 3 is 2.96 bits per heavy atom. The Labute approximate surface area is 144 Å². The summed E-state index contributed by atoms with van der Waals surface area (Å²) in [5.74, 6) is -0.396. The van der Waals surface area contributed by atoms with E-state index < -0.39 is 5.54 Å². The molecule has 0 aromatic carbocycles. The van der Waals surface area contributed by atoms with Crippen LogP contribution in [-0.4, -0.2) is 21.0 Å². The van der Waals surface area contributed by atoms with Crippen molar-refractivity contribution in [2.24, 2.45) is 5.92 Å². The third-order valence-corrected chi connectivity index (χ3v) is 5.99. The highest BCUT2D eigenvalue weighted by molar-refractivity contribution is 7.18. The number of nitrogens with zero attached hydrogens (tertiary/aromatic N) is 3. The summed E-state index contributed by atoms with van der Waals surface area (Å²) in [5, 5.41) is 12.7. The van der Waals surface area contributed by atoms with Crippen LogP contribution in [0, 0.1) is 17.2 Å². The molecule has 2 heterocycles. The molecule has 0 aliphatic heterocycles. The third kappa shape index (κ3) is 2.71. The van der Waals surface area contributed by atoms with Crippen molar-refractivity contribution in [3.63, 3.8) is 0 Å².